The van der Waals surface area contributed by atoms with E-state index < -0.39 is 17.7 Å². The first-order valence-electron chi connectivity index (χ1n) is 7.52. The van der Waals surface area contributed by atoms with Gasteiger partial charge >= 0.3 is 11.8 Å². The molecule has 2 rings (SSSR count). The maximum absolute atomic E-state index is 12.3. The Morgan fingerprint density at radius 1 is 1.22 bits per heavy atom. The van der Waals surface area contributed by atoms with Crippen LogP contribution in [0.15, 0.2) is 24.4 Å². The molecule has 0 saturated carbocycles. The molecule has 0 unspecified atom stereocenters. The number of carbonyl (C=O) groups is 3. The van der Waals surface area contributed by atoms with Crippen molar-refractivity contribution in [2.45, 2.75) is 6.92 Å². The smallest absolute Gasteiger partial charge is 0.318 e. The summed E-state index contributed by atoms with van der Waals surface area (Å²) in [6, 6.07) is 5.65. The van der Waals surface area contributed by atoms with Gasteiger partial charge in [0.2, 0.25) is 5.91 Å². The summed E-state index contributed by atoms with van der Waals surface area (Å²) in [5, 5.41) is 0. The number of nitrogens with zero attached hydrogens (tertiary/aromatic N) is 4. The van der Waals surface area contributed by atoms with Crippen LogP contribution >= 0.6 is 0 Å². The predicted molar refractivity (Wildman–Crippen MR) is 84.5 cm³/mol. The summed E-state index contributed by atoms with van der Waals surface area (Å²) < 4.78 is 0. The molecule has 1 aliphatic rings. The van der Waals surface area contributed by atoms with Crippen LogP contribution in [0.5, 0.6) is 0 Å². The number of aromatic nitrogens is 1. The molecule has 23 heavy (non-hydrogen) atoms. The maximum Gasteiger partial charge on any atom is 0.318 e. The number of carbonyl (C=O) groups excluding carboxylic acids is 3. The molecular weight excluding hydrogens is 298 g/mol. The van der Waals surface area contributed by atoms with Crippen LogP contribution in [0.2, 0.25) is 0 Å². The molecule has 1 saturated heterocycles. The van der Waals surface area contributed by atoms with E-state index >= 15 is 0 Å². The Kier molecular flexibility index (Phi) is 5.64. The first kappa shape index (κ1) is 16.9. The van der Waals surface area contributed by atoms with Crippen LogP contribution in [-0.4, -0.2) is 71.8 Å². The first-order chi connectivity index (χ1) is 11.0. The van der Waals surface area contributed by atoms with Gasteiger partial charge in [0.05, 0.1) is 0 Å². The van der Waals surface area contributed by atoms with E-state index in [1.165, 1.54) is 11.8 Å². The number of hydrogen-bond acceptors (Lipinski definition) is 6. The maximum atomic E-state index is 12.3. The van der Waals surface area contributed by atoms with E-state index in [2.05, 4.69) is 9.88 Å². The van der Waals surface area contributed by atoms with Crippen molar-refractivity contribution >= 4 is 23.5 Å². The van der Waals surface area contributed by atoms with Crippen molar-refractivity contribution in [2.75, 3.05) is 44.2 Å². The molecule has 1 aromatic heterocycles. The average Bonchev–Trinajstić information content (AvgIpc) is 2.59. The molecule has 1 aliphatic heterocycles. The first-order valence-corrected chi connectivity index (χ1v) is 7.52. The van der Waals surface area contributed by atoms with Crippen LogP contribution in [0.25, 0.3) is 0 Å². The average molecular weight is 319 g/mol. The van der Waals surface area contributed by atoms with E-state index in [1.807, 2.05) is 18.2 Å². The Hall–Kier alpha value is -2.48. The van der Waals surface area contributed by atoms with E-state index in [-0.39, 0.29) is 13.1 Å². The molecule has 8 nitrogen and oxygen atoms in total. The second-order valence-corrected chi connectivity index (χ2v) is 5.23. The van der Waals surface area contributed by atoms with Gasteiger partial charge in [-0.05, 0) is 12.1 Å². The summed E-state index contributed by atoms with van der Waals surface area (Å²) in [6.45, 7) is 3.44. The van der Waals surface area contributed by atoms with Gasteiger partial charge in [0.1, 0.15) is 5.82 Å². The Morgan fingerprint density at radius 2 is 1.91 bits per heavy atom. The molecule has 0 atom stereocenters. The van der Waals surface area contributed by atoms with E-state index in [0.29, 0.717) is 26.2 Å². The Bertz CT molecular complexity index is 570. The third kappa shape index (κ3) is 4.04. The zero-order valence-electron chi connectivity index (χ0n) is 13.1. The largest absolute Gasteiger partial charge is 0.353 e. The van der Waals surface area contributed by atoms with Crippen molar-refractivity contribution in [2.24, 2.45) is 5.73 Å². The Balaban J connectivity index is 1.95. The summed E-state index contributed by atoms with van der Waals surface area (Å²) in [7, 11) is 0. The molecule has 2 heterocycles. The lowest BCUT2D eigenvalue weighted by molar-refractivity contribution is -0.156. The van der Waals surface area contributed by atoms with Gasteiger partial charge in [-0.1, -0.05) is 6.07 Å². The summed E-state index contributed by atoms with van der Waals surface area (Å²) in [6.07, 6.45) is 1.72. The number of hydrogen-bond donors (Lipinski definition) is 1. The molecule has 1 fully saturated rings. The van der Waals surface area contributed by atoms with Crippen molar-refractivity contribution in [1.29, 1.82) is 0 Å². The Morgan fingerprint density at radius 3 is 2.43 bits per heavy atom. The number of pyridine rings is 1. The number of rotatable bonds is 3. The number of anilines is 1. The van der Waals surface area contributed by atoms with E-state index in [4.69, 9.17) is 5.73 Å². The van der Waals surface area contributed by atoms with Crippen molar-refractivity contribution in [1.82, 2.24) is 14.8 Å². The summed E-state index contributed by atoms with van der Waals surface area (Å²) in [5.74, 6) is -1.09. The van der Waals surface area contributed by atoms with Gasteiger partial charge in [-0.3, -0.25) is 19.3 Å². The van der Waals surface area contributed by atoms with Crippen LogP contribution in [0.1, 0.15) is 6.92 Å². The molecule has 0 bridgehead atoms. The van der Waals surface area contributed by atoms with Gasteiger partial charge in [-0.25, -0.2) is 4.98 Å². The third-order valence-corrected chi connectivity index (χ3v) is 3.70. The molecule has 8 heteroatoms. The highest BCUT2D eigenvalue weighted by atomic mass is 16.2. The van der Waals surface area contributed by atoms with Crippen molar-refractivity contribution < 1.29 is 14.4 Å². The highest BCUT2D eigenvalue weighted by Gasteiger charge is 2.31. The van der Waals surface area contributed by atoms with E-state index in [1.54, 1.807) is 6.20 Å². The molecule has 3 amide bonds. The molecular formula is C15H21N5O3. The minimum atomic E-state index is -0.811. The molecule has 1 aromatic rings. The molecule has 0 aromatic carbocycles. The lowest BCUT2D eigenvalue weighted by atomic mass is 10.2. The number of imide groups is 1. The number of piperazine rings is 1. The highest BCUT2D eigenvalue weighted by Crippen LogP contribution is 2.13. The van der Waals surface area contributed by atoms with Crippen LogP contribution < -0.4 is 10.6 Å². The van der Waals surface area contributed by atoms with Gasteiger partial charge in [0.15, 0.2) is 0 Å². The van der Waals surface area contributed by atoms with Gasteiger partial charge in [-0.2, -0.15) is 0 Å². The van der Waals surface area contributed by atoms with Crippen LogP contribution in [0, 0.1) is 0 Å². The summed E-state index contributed by atoms with van der Waals surface area (Å²) in [5.41, 5.74) is 5.38. The fourth-order valence-corrected chi connectivity index (χ4v) is 2.46. The normalized spacial score (nSPS) is 14.5. The molecule has 0 radical (unpaired) electrons. The molecule has 0 aliphatic carbocycles. The second kappa shape index (κ2) is 7.68. The minimum absolute atomic E-state index is 0.0494. The summed E-state index contributed by atoms with van der Waals surface area (Å²) in [4.78, 5) is 44.6. The SMILES string of the molecule is CC(=O)N(CCN)C(=O)C(=O)N1CCN(c2ccccn2)CC1. The zero-order chi connectivity index (χ0) is 16.8. The molecule has 0 spiro atoms. The highest BCUT2D eigenvalue weighted by molar-refractivity contribution is 6.37. The minimum Gasteiger partial charge on any atom is -0.353 e. The zero-order valence-corrected chi connectivity index (χ0v) is 13.1. The topological polar surface area (TPSA) is 99.8 Å². The van der Waals surface area contributed by atoms with Crippen molar-refractivity contribution in [3.05, 3.63) is 24.4 Å². The second-order valence-electron chi connectivity index (χ2n) is 5.23. The van der Waals surface area contributed by atoms with E-state index in [0.717, 1.165) is 10.7 Å². The molecule has 2 N–H and O–H groups in total. The predicted octanol–water partition coefficient (Wildman–Crippen LogP) is -0.936. The standard InChI is InChI=1S/C15H21N5O3/c1-12(21)20(7-5-16)15(23)14(22)19-10-8-18(9-11-19)13-4-2-3-6-17-13/h2-4,6H,5,7-11,16H2,1H3. The molecule has 124 valence electrons. The Labute approximate surface area is 134 Å². The van der Waals surface area contributed by atoms with E-state index in [9.17, 15) is 14.4 Å². The fourth-order valence-electron chi connectivity index (χ4n) is 2.46. The summed E-state index contributed by atoms with van der Waals surface area (Å²) >= 11 is 0. The third-order valence-electron chi connectivity index (χ3n) is 3.70. The fraction of sp³-hybridized carbons (Fsp3) is 0.467. The van der Waals surface area contributed by atoms with Gasteiger partial charge in [0.25, 0.3) is 0 Å². The lowest BCUT2D eigenvalue weighted by Crippen LogP contribution is -2.54. The van der Waals surface area contributed by atoms with Crippen LogP contribution in [0.4, 0.5) is 5.82 Å². The monoisotopic (exact) mass is 319 g/mol. The van der Waals surface area contributed by atoms with Crippen LogP contribution in [0.3, 0.4) is 0 Å². The quantitative estimate of drug-likeness (QED) is 0.722. The van der Waals surface area contributed by atoms with Crippen LogP contribution in [-0.2, 0) is 14.4 Å². The van der Waals surface area contributed by atoms with Gasteiger partial charge in [-0.15, -0.1) is 0 Å². The van der Waals surface area contributed by atoms with Crippen molar-refractivity contribution in [3.63, 3.8) is 0 Å². The van der Waals surface area contributed by atoms with Gasteiger partial charge in [0, 0.05) is 52.4 Å². The number of nitrogens with two attached hydrogens (primary N) is 1. The van der Waals surface area contributed by atoms with Gasteiger partial charge < -0.3 is 15.5 Å². The van der Waals surface area contributed by atoms with Crippen molar-refractivity contribution in [3.8, 4) is 0 Å². The lowest BCUT2D eigenvalue weighted by Gasteiger charge is -2.35. The number of amides is 3.